The molecule has 1 aromatic carbocycles. The number of benzene rings is 1. The number of piperidine rings is 1. The number of nitrogens with zero attached hydrogens (tertiary/aromatic N) is 1. The summed E-state index contributed by atoms with van der Waals surface area (Å²) in [5, 5.41) is 3.38. The monoisotopic (exact) mass is 346 g/mol. The van der Waals surface area contributed by atoms with Gasteiger partial charge in [-0.3, -0.25) is 0 Å². The molecule has 1 aromatic rings. The summed E-state index contributed by atoms with van der Waals surface area (Å²) in [5.74, 6) is 0.377. The second kappa shape index (κ2) is 6.24. The zero-order valence-electron chi connectivity index (χ0n) is 11.0. The Balaban J connectivity index is 1.89. The van der Waals surface area contributed by atoms with Crippen LogP contribution >= 0.6 is 15.9 Å². The number of hydrogen-bond acceptors (Lipinski definition) is 3. The molecule has 1 atom stereocenters. The van der Waals surface area contributed by atoms with Crippen molar-refractivity contribution in [1.29, 1.82) is 0 Å². The van der Waals surface area contributed by atoms with Crippen LogP contribution in [-0.4, -0.2) is 38.6 Å². The predicted molar refractivity (Wildman–Crippen MR) is 81.8 cm³/mol. The van der Waals surface area contributed by atoms with Gasteiger partial charge in [-0.15, -0.1) is 0 Å². The third kappa shape index (κ3) is 4.47. The van der Waals surface area contributed by atoms with Gasteiger partial charge in [0.15, 0.2) is 0 Å². The molecule has 2 rings (SSSR count). The van der Waals surface area contributed by atoms with E-state index in [2.05, 4.69) is 21.2 Å². The minimum atomic E-state index is -3.05. The zero-order chi connectivity index (χ0) is 13.9. The van der Waals surface area contributed by atoms with Crippen molar-refractivity contribution in [2.75, 3.05) is 31.2 Å². The van der Waals surface area contributed by atoms with Crippen LogP contribution in [-0.2, 0) is 10.0 Å². The minimum absolute atomic E-state index is 0.377. The van der Waals surface area contributed by atoms with E-state index in [1.165, 1.54) is 6.26 Å². The summed E-state index contributed by atoms with van der Waals surface area (Å²) in [4.78, 5) is 0. The fraction of sp³-hybridized carbons (Fsp3) is 0.538. The molecule has 1 saturated heterocycles. The third-order valence-corrected chi connectivity index (χ3v) is 5.13. The van der Waals surface area contributed by atoms with Crippen molar-refractivity contribution in [1.82, 2.24) is 4.31 Å². The lowest BCUT2D eigenvalue weighted by Crippen LogP contribution is -2.41. The number of sulfonamides is 1. The first-order chi connectivity index (χ1) is 8.95. The lowest BCUT2D eigenvalue weighted by atomic mass is 9.99. The molecule has 0 aliphatic carbocycles. The van der Waals surface area contributed by atoms with Crippen molar-refractivity contribution in [3.63, 3.8) is 0 Å². The second-order valence-electron chi connectivity index (χ2n) is 5.02. The molecule has 1 heterocycles. The van der Waals surface area contributed by atoms with Gasteiger partial charge in [0.25, 0.3) is 0 Å². The van der Waals surface area contributed by atoms with Gasteiger partial charge in [-0.2, -0.15) is 0 Å². The first-order valence-electron chi connectivity index (χ1n) is 6.40. The maximum atomic E-state index is 11.6. The fourth-order valence-electron chi connectivity index (χ4n) is 2.36. The summed E-state index contributed by atoms with van der Waals surface area (Å²) in [6.45, 7) is 2.09. The maximum Gasteiger partial charge on any atom is 0.211 e. The largest absolute Gasteiger partial charge is 0.385 e. The van der Waals surface area contributed by atoms with Crippen molar-refractivity contribution in [2.45, 2.75) is 12.8 Å². The van der Waals surface area contributed by atoms with E-state index in [1.54, 1.807) is 4.31 Å². The molecule has 1 aliphatic heterocycles. The fourth-order valence-corrected chi connectivity index (χ4v) is 3.70. The van der Waals surface area contributed by atoms with Gasteiger partial charge < -0.3 is 5.32 Å². The van der Waals surface area contributed by atoms with Crippen molar-refractivity contribution in [3.8, 4) is 0 Å². The van der Waals surface area contributed by atoms with E-state index in [4.69, 9.17) is 0 Å². The number of halogens is 1. The van der Waals surface area contributed by atoms with E-state index >= 15 is 0 Å². The summed E-state index contributed by atoms with van der Waals surface area (Å²) in [6.07, 6.45) is 3.31. The summed E-state index contributed by atoms with van der Waals surface area (Å²) >= 11 is 3.44. The molecule has 4 nitrogen and oxygen atoms in total. The van der Waals surface area contributed by atoms with Crippen LogP contribution < -0.4 is 5.32 Å². The van der Waals surface area contributed by atoms with Crippen LogP contribution in [0.2, 0.25) is 0 Å². The molecule has 0 aromatic heterocycles. The van der Waals surface area contributed by atoms with Crippen LogP contribution in [0.1, 0.15) is 12.8 Å². The molecule has 1 unspecified atom stereocenters. The highest BCUT2D eigenvalue weighted by Crippen LogP contribution is 2.20. The van der Waals surface area contributed by atoms with Crippen molar-refractivity contribution in [3.05, 3.63) is 28.7 Å². The Bertz CT molecular complexity index is 533. The topological polar surface area (TPSA) is 49.4 Å². The van der Waals surface area contributed by atoms with E-state index in [-0.39, 0.29) is 0 Å². The van der Waals surface area contributed by atoms with Gasteiger partial charge in [0.2, 0.25) is 10.0 Å². The number of nitrogens with one attached hydrogen (secondary N) is 1. The van der Waals surface area contributed by atoms with Gasteiger partial charge >= 0.3 is 0 Å². The summed E-state index contributed by atoms with van der Waals surface area (Å²) < 4.78 is 25.7. The quantitative estimate of drug-likeness (QED) is 0.911. The highest BCUT2D eigenvalue weighted by atomic mass is 79.9. The normalized spacial score (nSPS) is 21.3. The van der Waals surface area contributed by atoms with E-state index < -0.39 is 10.0 Å². The van der Waals surface area contributed by atoms with Crippen molar-refractivity contribution < 1.29 is 8.42 Å². The molecule has 0 saturated carbocycles. The molecular weight excluding hydrogens is 328 g/mol. The highest BCUT2D eigenvalue weighted by molar-refractivity contribution is 9.10. The summed E-state index contributed by atoms with van der Waals surface area (Å²) in [6, 6.07) is 8.01. The lowest BCUT2D eigenvalue weighted by Gasteiger charge is -2.31. The Morgan fingerprint density at radius 1 is 1.47 bits per heavy atom. The molecule has 0 bridgehead atoms. The Labute approximate surface area is 123 Å². The maximum absolute atomic E-state index is 11.6. The first kappa shape index (κ1) is 14.8. The second-order valence-corrected chi connectivity index (χ2v) is 7.92. The number of anilines is 1. The van der Waals surface area contributed by atoms with Crippen molar-refractivity contribution >= 4 is 31.6 Å². The minimum Gasteiger partial charge on any atom is -0.385 e. The van der Waals surface area contributed by atoms with Crippen LogP contribution in [0.25, 0.3) is 0 Å². The van der Waals surface area contributed by atoms with E-state index in [9.17, 15) is 8.42 Å². The van der Waals surface area contributed by atoms with Gasteiger partial charge in [-0.25, -0.2) is 12.7 Å². The lowest BCUT2D eigenvalue weighted by molar-refractivity contribution is 0.277. The average molecular weight is 347 g/mol. The molecule has 0 amide bonds. The van der Waals surface area contributed by atoms with E-state index in [1.807, 2.05) is 24.3 Å². The van der Waals surface area contributed by atoms with E-state index in [0.717, 1.165) is 29.5 Å². The third-order valence-electron chi connectivity index (χ3n) is 3.37. The van der Waals surface area contributed by atoms with Gasteiger partial charge in [-0.05, 0) is 37.0 Å². The smallest absolute Gasteiger partial charge is 0.211 e. The Hall–Kier alpha value is -0.590. The first-order valence-corrected chi connectivity index (χ1v) is 9.04. The van der Waals surface area contributed by atoms with Crippen LogP contribution in [0.3, 0.4) is 0 Å². The SMILES string of the molecule is CS(=O)(=O)N1CCCC(CNc2cccc(Br)c2)C1. The van der Waals surface area contributed by atoms with Gasteiger partial charge in [0.05, 0.1) is 6.26 Å². The molecule has 19 heavy (non-hydrogen) atoms. The standard InChI is InChI=1S/C13H19BrN2O2S/c1-19(17,18)16-7-3-4-11(10-16)9-15-13-6-2-5-12(14)8-13/h2,5-6,8,11,15H,3-4,7,9-10H2,1H3. The molecular formula is C13H19BrN2O2S. The molecule has 6 heteroatoms. The van der Waals surface area contributed by atoms with Gasteiger partial charge in [0, 0.05) is 29.8 Å². The Morgan fingerprint density at radius 3 is 2.95 bits per heavy atom. The Kier molecular flexibility index (Phi) is 4.86. The molecule has 0 radical (unpaired) electrons. The number of hydrogen-bond donors (Lipinski definition) is 1. The van der Waals surface area contributed by atoms with Gasteiger partial charge in [-0.1, -0.05) is 22.0 Å². The Morgan fingerprint density at radius 2 is 2.26 bits per heavy atom. The van der Waals surface area contributed by atoms with Gasteiger partial charge in [0.1, 0.15) is 0 Å². The summed E-state index contributed by atoms with van der Waals surface area (Å²) in [7, 11) is -3.05. The molecule has 1 aliphatic rings. The van der Waals surface area contributed by atoms with Crippen LogP contribution in [0, 0.1) is 5.92 Å². The molecule has 1 fully saturated rings. The van der Waals surface area contributed by atoms with E-state index in [0.29, 0.717) is 19.0 Å². The average Bonchev–Trinajstić information content (AvgIpc) is 2.36. The predicted octanol–water partition coefficient (Wildman–Crippen LogP) is 2.53. The van der Waals surface area contributed by atoms with Crippen LogP contribution in [0.5, 0.6) is 0 Å². The zero-order valence-corrected chi connectivity index (χ0v) is 13.4. The highest BCUT2D eigenvalue weighted by Gasteiger charge is 2.25. The molecule has 1 N–H and O–H groups in total. The number of rotatable bonds is 4. The van der Waals surface area contributed by atoms with Crippen LogP contribution in [0.4, 0.5) is 5.69 Å². The van der Waals surface area contributed by atoms with Crippen LogP contribution in [0.15, 0.2) is 28.7 Å². The molecule has 106 valence electrons. The molecule has 0 spiro atoms. The van der Waals surface area contributed by atoms with Crippen molar-refractivity contribution in [2.24, 2.45) is 5.92 Å². The summed E-state index contributed by atoms with van der Waals surface area (Å²) in [5.41, 5.74) is 1.06.